The van der Waals surface area contributed by atoms with Gasteiger partial charge in [-0.25, -0.2) is 8.78 Å². The number of aromatic nitrogens is 2. The maximum atomic E-state index is 14.1. The van der Waals surface area contributed by atoms with Crippen molar-refractivity contribution in [2.24, 2.45) is 0 Å². The van der Waals surface area contributed by atoms with Gasteiger partial charge in [-0.1, -0.05) is 125 Å². The number of benzene rings is 6. The van der Waals surface area contributed by atoms with E-state index >= 15 is 0 Å². The van der Waals surface area contributed by atoms with Gasteiger partial charge < -0.3 is 59.3 Å². The molecule has 0 saturated carbocycles. The zero-order valence-electron chi connectivity index (χ0n) is 48.8. The van der Waals surface area contributed by atoms with Gasteiger partial charge in [-0.2, -0.15) is 0 Å². The normalized spacial score (nSPS) is 12.6. The van der Waals surface area contributed by atoms with Crippen LogP contribution in [0, 0.1) is 11.6 Å². The number of hydrogen-bond donors (Lipinski definition) is 4. The van der Waals surface area contributed by atoms with Crippen molar-refractivity contribution in [1.29, 1.82) is 0 Å². The number of hydrogen-bond acceptors (Lipinski definition) is 10. The maximum Gasteiger partial charge on any atom is 2.00 e. The molecule has 85 heavy (non-hydrogen) atoms. The van der Waals surface area contributed by atoms with E-state index in [9.17, 15) is 48.4 Å². The van der Waals surface area contributed by atoms with Crippen LogP contribution >= 0.6 is 0 Å². The van der Waals surface area contributed by atoms with Crippen molar-refractivity contribution < 1.29 is 57.9 Å². The first kappa shape index (κ1) is 66.9. The van der Waals surface area contributed by atoms with Crippen LogP contribution in [0.3, 0.4) is 0 Å². The molecule has 2 aromatic heterocycles. The Labute approximate surface area is 525 Å². The summed E-state index contributed by atoms with van der Waals surface area (Å²) in [5.74, 6) is -4.00. The molecule has 0 aliphatic carbocycles. The molecule has 440 valence electrons. The number of aliphatic hydroxyl groups is 2. The molecule has 6 aromatic carbocycles. The van der Waals surface area contributed by atoms with Crippen LogP contribution in [0.15, 0.2) is 170 Å². The fourth-order valence-electron chi connectivity index (χ4n) is 10.7. The summed E-state index contributed by atoms with van der Waals surface area (Å²) in [6.07, 6.45) is -3.02. The number of carboxylic acid groups (broad SMARTS) is 2. The average Bonchev–Trinajstić information content (AvgIpc) is 1.92. The number of methoxy groups -OCH3 is 2. The number of aliphatic carboxylic acids is 2. The van der Waals surface area contributed by atoms with Crippen molar-refractivity contribution >= 4 is 72.9 Å². The second kappa shape index (κ2) is 32.3. The van der Waals surface area contributed by atoms with Gasteiger partial charge in [-0.15, -0.1) is 0 Å². The molecule has 4 atom stereocenters. The molecule has 17 heteroatoms. The summed E-state index contributed by atoms with van der Waals surface area (Å²) in [6.45, 7) is 8.66. The molecule has 8 aromatic rings. The van der Waals surface area contributed by atoms with Gasteiger partial charge in [-0.3, -0.25) is 9.59 Å². The summed E-state index contributed by atoms with van der Waals surface area (Å²) in [4.78, 5) is 50.4. The molecule has 0 aliphatic rings. The number of nitrogens with one attached hydrogen (secondary N) is 2. The van der Waals surface area contributed by atoms with Gasteiger partial charge in [0, 0.05) is 86.0 Å². The summed E-state index contributed by atoms with van der Waals surface area (Å²) in [5, 5.41) is 50.1. The maximum absolute atomic E-state index is 14.1. The minimum absolute atomic E-state index is 0. The Balaban J connectivity index is 0.000000269. The van der Waals surface area contributed by atoms with Crippen LogP contribution in [0.2, 0.25) is 0 Å². The largest absolute Gasteiger partial charge is 2.00 e. The van der Waals surface area contributed by atoms with Crippen LogP contribution in [0.25, 0.3) is 44.8 Å². The molecular formula is C68H72CaF2N4O10. The molecule has 2 heterocycles. The molecule has 2 unspecified atom stereocenters. The van der Waals surface area contributed by atoms with Gasteiger partial charge in [0.25, 0.3) is 11.8 Å². The predicted octanol–water partition coefficient (Wildman–Crippen LogP) is 10.9. The molecule has 8 rings (SSSR count). The fraction of sp³-hybridized carbons (Fsp3) is 0.294. The Bertz CT molecular complexity index is 3200. The van der Waals surface area contributed by atoms with E-state index < -0.39 is 36.4 Å². The quantitative estimate of drug-likeness (QED) is 0.0377. The molecule has 0 bridgehead atoms. The number of aliphatic hydroxyl groups excluding tert-OH is 2. The molecular weight excluding hydrogens is 1110 g/mol. The Morgan fingerprint density at radius 1 is 0.482 bits per heavy atom. The molecule has 0 aliphatic heterocycles. The van der Waals surface area contributed by atoms with Gasteiger partial charge in [0.05, 0.1) is 46.9 Å². The molecule has 0 spiro atoms. The Kier molecular flexibility index (Phi) is 25.4. The Hall–Kier alpha value is -7.28. The van der Waals surface area contributed by atoms with E-state index in [1.807, 2.05) is 158 Å². The molecule has 4 N–H and O–H groups in total. The number of carbonyl (C=O) groups excluding carboxylic acids is 4. The van der Waals surface area contributed by atoms with Gasteiger partial charge >= 0.3 is 37.7 Å². The number of rotatable bonds is 26. The first-order valence-electron chi connectivity index (χ1n) is 28.1. The van der Waals surface area contributed by atoms with Crippen molar-refractivity contribution in [3.8, 4) is 44.8 Å². The third-order valence-electron chi connectivity index (χ3n) is 14.5. The minimum Gasteiger partial charge on any atom is -0.550 e. The third-order valence-corrected chi connectivity index (χ3v) is 14.5. The van der Waals surface area contributed by atoms with E-state index in [-0.39, 0.29) is 112 Å². The van der Waals surface area contributed by atoms with Crippen LogP contribution < -0.4 is 20.8 Å². The van der Waals surface area contributed by atoms with Gasteiger partial charge in [-0.05, 0) is 133 Å². The van der Waals surface area contributed by atoms with E-state index in [4.69, 9.17) is 9.47 Å². The number of carbonyl (C=O) groups is 4. The van der Waals surface area contributed by atoms with Crippen molar-refractivity contribution in [2.75, 3.05) is 24.9 Å². The van der Waals surface area contributed by atoms with Crippen molar-refractivity contribution in [3.63, 3.8) is 0 Å². The van der Waals surface area contributed by atoms with Crippen molar-refractivity contribution in [3.05, 3.63) is 204 Å². The smallest absolute Gasteiger partial charge is 0.550 e. The molecule has 0 fully saturated rings. The summed E-state index contributed by atoms with van der Waals surface area (Å²) in [6, 6.07) is 49.9. The van der Waals surface area contributed by atoms with Crippen molar-refractivity contribution in [2.45, 2.75) is 116 Å². The number of nitrogens with zero attached hydrogens (tertiary/aromatic N) is 2. The summed E-state index contributed by atoms with van der Waals surface area (Å²) < 4.78 is 42.6. The van der Waals surface area contributed by atoms with E-state index in [1.165, 1.54) is 38.5 Å². The Morgan fingerprint density at radius 3 is 1.07 bits per heavy atom. The van der Waals surface area contributed by atoms with E-state index in [0.717, 1.165) is 45.0 Å². The monoisotopic (exact) mass is 1180 g/mol. The molecule has 0 radical (unpaired) electrons. The molecule has 0 saturated heterocycles. The van der Waals surface area contributed by atoms with E-state index in [1.54, 1.807) is 24.3 Å². The second-order valence-corrected chi connectivity index (χ2v) is 21.2. The minimum atomic E-state index is -1.25. The van der Waals surface area contributed by atoms with Gasteiger partial charge in [0.2, 0.25) is 0 Å². The average molecular weight is 1180 g/mol. The standard InChI is InChI=1S/2C34H37FN2O5.Ca/c2*1-22(2)32-31(34(41)36-26-12-8-5-9-13-26)30(23-10-6-4-7-11-23)33(24-14-16-25(35)17-15-24)37(32)19-18-27(38)20-28(42-3)21-29(39)40;/h2*4-17,22,27-28,38H,18-21H2,1-3H3,(H,36,41)(H,39,40);/q;;+2/p-2/t2*27-,28?;/m11./s1. The van der Waals surface area contributed by atoms with Crippen LogP contribution in [0.5, 0.6) is 0 Å². The SMILES string of the molecule is COC(CC(=O)[O-])C[C@H](O)CCn1c(-c2ccc(F)cc2)c(-c2ccccc2)c(C(=O)Nc2ccccc2)c1C(C)C.COC(CC(=O)[O-])C[C@H](O)CCn1c(-c2ccc(F)cc2)c(-c2ccccc2)c(C(=O)Nc2ccccc2)c1C(C)C.[Ca+2]. The van der Waals surface area contributed by atoms with Gasteiger partial charge in [0.1, 0.15) is 11.6 Å². The van der Waals surface area contributed by atoms with Crippen LogP contribution in [-0.2, 0) is 32.2 Å². The van der Waals surface area contributed by atoms with Crippen LogP contribution in [0.1, 0.15) is 110 Å². The fourth-order valence-corrected chi connectivity index (χ4v) is 10.7. The third kappa shape index (κ3) is 17.9. The summed E-state index contributed by atoms with van der Waals surface area (Å²) in [5.41, 5.74) is 9.81. The molecule has 2 amide bonds. The van der Waals surface area contributed by atoms with Crippen LogP contribution in [-0.4, -0.2) is 119 Å². The summed E-state index contributed by atoms with van der Waals surface area (Å²) in [7, 11) is 2.80. The van der Waals surface area contributed by atoms with E-state index in [2.05, 4.69) is 10.6 Å². The first-order chi connectivity index (χ1) is 40.4. The number of halogens is 2. The number of ether oxygens (including phenoxy) is 2. The summed E-state index contributed by atoms with van der Waals surface area (Å²) >= 11 is 0. The number of amides is 2. The van der Waals surface area contributed by atoms with Crippen LogP contribution in [0.4, 0.5) is 20.2 Å². The predicted molar refractivity (Wildman–Crippen MR) is 325 cm³/mol. The zero-order valence-corrected chi connectivity index (χ0v) is 51.0. The van der Waals surface area contributed by atoms with E-state index in [0.29, 0.717) is 46.7 Å². The number of carboxylic acids is 2. The number of para-hydroxylation sites is 2. The second-order valence-electron chi connectivity index (χ2n) is 21.2. The number of anilines is 2. The van der Waals surface area contributed by atoms with Gasteiger partial charge in [0.15, 0.2) is 0 Å². The molecule has 14 nitrogen and oxygen atoms in total. The first-order valence-corrected chi connectivity index (χ1v) is 28.1. The Morgan fingerprint density at radius 2 is 0.788 bits per heavy atom. The zero-order chi connectivity index (χ0) is 60.5. The van der Waals surface area contributed by atoms with Crippen molar-refractivity contribution in [1.82, 2.24) is 9.13 Å². The topological polar surface area (TPSA) is 207 Å².